The second-order valence-electron chi connectivity index (χ2n) is 21.6. The van der Waals surface area contributed by atoms with Gasteiger partial charge in [0.1, 0.15) is 91.2 Å². The van der Waals surface area contributed by atoms with Crippen LogP contribution in [-0.2, 0) is 97.9 Å². The minimum absolute atomic E-state index is 0. The van der Waals surface area contributed by atoms with Crippen molar-refractivity contribution in [2.45, 2.75) is 13.8 Å². The molecule has 12 aromatic carbocycles. The number of nitriles is 6. The van der Waals surface area contributed by atoms with Crippen molar-refractivity contribution < 1.29 is 22.2 Å². The maximum Gasteiger partial charge on any atom is 3.00 e. The van der Waals surface area contributed by atoms with Crippen molar-refractivity contribution in [1.82, 2.24) is 0 Å². The monoisotopic (exact) mass is 1550 g/mol. The molecule has 0 atom stereocenters. The number of nitrogens with zero attached hydrogens (tertiary/aromatic N) is 6. The van der Waals surface area contributed by atoms with E-state index in [0.717, 1.165) is 0 Å². The van der Waals surface area contributed by atoms with E-state index in [9.17, 15) is 4.79 Å². The first-order valence-electron chi connectivity index (χ1n) is 31.6. The second kappa shape index (κ2) is 45.6. The molecule has 1 radical (unpaired) electrons. The van der Waals surface area contributed by atoms with Crippen LogP contribution >= 0.6 is 21.8 Å². The zero-order valence-corrected chi connectivity index (χ0v) is 65.3. The third-order valence-corrected chi connectivity index (χ3v) is 30.0. The van der Waals surface area contributed by atoms with Crippen molar-refractivity contribution in [2.75, 3.05) is 0 Å². The van der Waals surface area contributed by atoms with Crippen LogP contribution in [0.3, 0.4) is 0 Å². The van der Waals surface area contributed by atoms with Crippen LogP contribution in [0.2, 0.25) is 0 Å². The molecule has 0 aromatic heterocycles. The summed E-state index contributed by atoms with van der Waals surface area (Å²) in [7, 11) is -5.72. The molecule has 0 heterocycles. The molecular formula is C87H66CrN6OP3S6. The Morgan fingerprint density at radius 1 is 0.202 bits per heavy atom. The van der Waals surface area contributed by atoms with Crippen LogP contribution in [0.5, 0.6) is 0 Å². The minimum atomic E-state index is -1.91. The van der Waals surface area contributed by atoms with Crippen LogP contribution in [0.25, 0.3) is 0 Å². The van der Waals surface area contributed by atoms with Gasteiger partial charge in [-0.1, -0.05) is 218 Å². The molecule has 12 rings (SSSR count). The number of Topliss-reactive ketones (excluding diaryl/α,β-unsaturated/α-hetero) is 1. The first kappa shape index (κ1) is 84.3. The Kier molecular flexibility index (Phi) is 36.9. The Morgan fingerprint density at radius 2 is 0.269 bits per heavy atom. The smallest absolute Gasteiger partial charge is 0.770 e. The van der Waals surface area contributed by atoms with E-state index in [2.05, 4.69) is 440 Å². The SMILES string of the molecule is CC(C)=O.N#C/C([S-])=C(/[S-])C#N.N#C/C([S-])=C(/[S-])C#N.N#C/C([S-])=C(/[S-])C#N.[Cr+3].c1ccc([P+](c2ccccc2)(c2ccccc2)c2ccccc2)cc1.c1ccc([P+](c2ccccc2)(c2ccccc2)c2ccccc2)cc1.c1ccc([P+](c2ccccc2)(c2ccccc2)c2ccccc2)cc1. The molecule has 12 aromatic rings. The summed E-state index contributed by atoms with van der Waals surface area (Å²) in [6.45, 7) is 3.06. The number of hydrogen-bond donors (Lipinski definition) is 0. The first-order chi connectivity index (χ1) is 50.2. The molecule has 0 N–H and O–H groups in total. The first-order valence-corrected chi connectivity index (χ1v) is 39.4. The summed E-state index contributed by atoms with van der Waals surface area (Å²) in [5, 5.41) is 64.7. The van der Waals surface area contributed by atoms with E-state index in [1.54, 1.807) is 36.4 Å². The topological polar surface area (TPSA) is 160 Å². The summed E-state index contributed by atoms with van der Waals surface area (Å²) < 4.78 is 0. The van der Waals surface area contributed by atoms with Gasteiger partial charge in [-0.25, -0.2) is 0 Å². The molecule has 0 fully saturated rings. The van der Waals surface area contributed by atoms with Crippen LogP contribution < -0.4 is 63.7 Å². The maximum absolute atomic E-state index is 9.44. The number of rotatable bonds is 12. The van der Waals surface area contributed by atoms with Gasteiger partial charge in [-0.3, -0.25) is 0 Å². The Bertz CT molecular complexity index is 3900. The van der Waals surface area contributed by atoms with Gasteiger partial charge in [-0.15, -0.1) is 29.4 Å². The predicted molar refractivity (Wildman–Crippen MR) is 449 cm³/mol. The molecule has 7 nitrogen and oxygen atoms in total. The largest absolute Gasteiger partial charge is 3.00 e. The molecule has 0 spiro atoms. The van der Waals surface area contributed by atoms with Crippen LogP contribution in [-0.4, -0.2) is 5.78 Å². The third-order valence-electron chi connectivity index (χ3n) is 14.9. The van der Waals surface area contributed by atoms with E-state index >= 15 is 0 Å². The Hall–Kier alpha value is -10.4. The normalized spacial score (nSPS) is 10.8. The van der Waals surface area contributed by atoms with Crippen LogP contribution in [0, 0.1) is 68.0 Å². The average Bonchev–Trinajstić information content (AvgIpc) is 0.755. The van der Waals surface area contributed by atoms with Crippen molar-refractivity contribution in [3.05, 3.63) is 393 Å². The minimum Gasteiger partial charge on any atom is -0.770 e. The molecule has 0 unspecified atom stereocenters. The van der Waals surface area contributed by atoms with Gasteiger partial charge >= 0.3 is 17.4 Å². The van der Waals surface area contributed by atoms with Gasteiger partial charge in [0.15, 0.2) is 0 Å². The van der Waals surface area contributed by atoms with Crippen molar-refractivity contribution in [3.63, 3.8) is 0 Å². The number of hydrogen-bond acceptors (Lipinski definition) is 13. The summed E-state index contributed by atoms with van der Waals surface area (Å²) in [6, 6.07) is 141. The molecule has 0 aliphatic carbocycles. The van der Waals surface area contributed by atoms with E-state index in [0.29, 0.717) is 0 Å². The number of allylic oxidation sites excluding steroid dienone is 6. The molecule has 507 valence electrons. The van der Waals surface area contributed by atoms with E-state index in [1.165, 1.54) is 77.5 Å². The summed E-state index contributed by atoms with van der Waals surface area (Å²) >= 11 is 26.1. The molecule has 104 heavy (non-hydrogen) atoms. The molecule has 0 saturated heterocycles. The third kappa shape index (κ3) is 22.8. The summed E-state index contributed by atoms with van der Waals surface area (Å²) in [4.78, 5) is 8.79. The standard InChI is InChI=1S/3C24H20P.3C4H2N2S2.C3H6O.Cr/c3*1-5-13-21(14-6-1)25(22-15-7-2-8-16-22,23-17-9-3-10-18-23)24-19-11-4-12-20-24;3*5-1-3(7)4(8)2-6;1-3(2)4;/h3*1-20H;3*7-8H;1-2H3;/q3*+1;;;;;+3/p-6/b;;;3*4-3-;;. The van der Waals surface area contributed by atoms with E-state index < -0.39 is 21.8 Å². The van der Waals surface area contributed by atoms with E-state index in [1.807, 2.05) is 0 Å². The summed E-state index contributed by atoms with van der Waals surface area (Å²) in [5.41, 5.74) is 0. The zero-order valence-electron chi connectivity index (χ0n) is 56.4. The fourth-order valence-corrected chi connectivity index (χ4v) is 23.9. The van der Waals surface area contributed by atoms with Crippen molar-refractivity contribution in [1.29, 1.82) is 31.6 Å². The molecule has 0 aliphatic rings. The van der Waals surface area contributed by atoms with Crippen molar-refractivity contribution in [3.8, 4) is 36.4 Å². The number of carbonyl (C=O) groups is 1. The molecule has 0 bridgehead atoms. The van der Waals surface area contributed by atoms with Crippen molar-refractivity contribution in [2.24, 2.45) is 0 Å². The predicted octanol–water partition coefficient (Wildman–Crippen LogP) is 14.5. The van der Waals surface area contributed by atoms with Gasteiger partial charge in [-0.2, -0.15) is 31.6 Å². The molecule has 0 saturated carbocycles. The van der Waals surface area contributed by atoms with Gasteiger partial charge in [-0.05, 0) is 159 Å². The fourth-order valence-electron chi connectivity index (χ4n) is 10.8. The zero-order chi connectivity index (χ0) is 74.1. The van der Waals surface area contributed by atoms with Crippen LogP contribution in [0.15, 0.2) is 393 Å². The van der Waals surface area contributed by atoms with Crippen molar-refractivity contribution >= 4 is 167 Å². The van der Waals surface area contributed by atoms with Crippen LogP contribution in [0.1, 0.15) is 13.8 Å². The fraction of sp³-hybridized carbons (Fsp3) is 0.0230. The summed E-state index contributed by atoms with van der Waals surface area (Å²) in [5.74, 6) is 0.167. The Labute approximate surface area is 658 Å². The van der Waals surface area contributed by atoms with E-state index in [4.69, 9.17) is 31.6 Å². The molecule has 17 heteroatoms. The average molecular weight is 1550 g/mol. The van der Waals surface area contributed by atoms with Gasteiger partial charge in [0.2, 0.25) is 0 Å². The maximum atomic E-state index is 9.44. The number of ketones is 1. The Morgan fingerprint density at radius 3 is 0.327 bits per heavy atom. The molecule has 0 aliphatic heterocycles. The van der Waals surface area contributed by atoms with Gasteiger partial charge < -0.3 is 80.6 Å². The van der Waals surface area contributed by atoms with E-state index in [-0.39, 0.29) is 52.6 Å². The summed E-state index contributed by atoms with van der Waals surface area (Å²) in [6.07, 6.45) is 0. The number of carbonyl (C=O) groups excluding carboxylic acids is 1. The van der Waals surface area contributed by atoms with Crippen LogP contribution in [0.4, 0.5) is 0 Å². The van der Waals surface area contributed by atoms with Gasteiger partial charge in [0, 0.05) is 0 Å². The molecule has 0 amide bonds. The Balaban J connectivity index is 0.000000236. The molecular weight excluding hydrogens is 1480 g/mol. The quantitative estimate of drug-likeness (QED) is 0.0646. The number of benzene rings is 12. The van der Waals surface area contributed by atoms with Gasteiger partial charge in [0.05, 0.1) is 36.4 Å². The van der Waals surface area contributed by atoms with Gasteiger partial charge in [0.25, 0.3) is 0 Å². The second-order valence-corrected chi connectivity index (χ2v) is 34.3.